The van der Waals surface area contributed by atoms with Crippen LogP contribution in [0.4, 0.5) is 5.69 Å². The van der Waals surface area contributed by atoms with Crippen molar-refractivity contribution in [3.05, 3.63) is 54.9 Å². The van der Waals surface area contributed by atoms with Gasteiger partial charge in [0.25, 0.3) is 0 Å². The topological polar surface area (TPSA) is 62.9 Å². The van der Waals surface area contributed by atoms with Crippen molar-refractivity contribution in [3.63, 3.8) is 0 Å². The lowest BCUT2D eigenvalue weighted by molar-refractivity contribution is 0.201. The van der Waals surface area contributed by atoms with E-state index in [4.69, 9.17) is 14.8 Å². The van der Waals surface area contributed by atoms with Gasteiger partial charge in [-0.3, -0.25) is 4.40 Å². The first-order valence-electron chi connectivity index (χ1n) is 9.69. The van der Waals surface area contributed by atoms with Crippen LogP contribution in [0.3, 0.4) is 0 Å². The van der Waals surface area contributed by atoms with Crippen LogP contribution in [0.1, 0.15) is 12.8 Å². The maximum atomic E-state index is 8.92. The molecule has 1 fully saturated rings. The molecule has 0 amide bonds. The number of pyridine rings is 2. The Balaban J connectivity index is 1.58. The van der Waals surface area contributed by atoms with Gasteiger partial charge in [0, 0.05) is 30.7 Å². The molecule has 6 nitrogen and oxygen atoms in total. The number of anilines is 1. The van der Waals surface area contributed by atoms with E-state index in [1.165, 1.54) is 18.5 Å². The van der Waals surface area contributed by atoms with Gasteiger partial charge in [-0.1, -0.05) is 18.2 Å². The van der Waals surface area contributed by atoms with Gasteiger partial charge in [0.1, 0.15) is 18.0 Å². The van der Waals surface area contributed by atoms with E-state index in [1.807, 2.05) is 28.9 Å². The number of nitrogens with zero attached hydrogens (tertiary/aromatic N) is 4. The SMILES string of the molecule is OCCOc1ccn2c(-c3ccc4cccc(N5CCCC5)c4n3)cnc2c1. The minimum absolute atomic E-state index is 0.00870. The van der Waals surface area contributed by atoms with Gasteiger partial charge in [-0.2, -0.15) is 0 Å². The molecule has 3 aromatic heterocycles. The second-order valence-corrected chi connectivity index (χ2v) is 7.05. The van der Waals surface area contributed by atoms with E-state index in [0.29, 0.717) is 5.75 Å². The predicted molar refractivity (Wildman–Crippen MR) is 110 cm³/mol. The van der Waals surface area contributed by atoms with Gasteiger partial charge in [0.15, 0.2) is 0 Å². The van der Waals surface area contributed by atoms with Crippen molar-refractivity contribution in [3.8, 4) is 17.1 Å². The number of ether oxygens (including phenoxy) is 1. The van der Waals surface area contributed by atoms with Crippen molar-refractivity contribution in [2.75, 3.05) is 31.2 Å². The number of para-hydroxylation sites is 1. The largest absolute Gasteiger partial charge is 0.491 e. The Morgan fingerprint density at radius 1 is 1.07 bits per heavy atom. The van der Waals surface area contributed by atoms with Gasteiger partial charge in [0.05, 0.1) is 35.4 Å². The van der Waals surface area contributed by atoms with Crippen molar-refractivity contribution < 1.29 is 9.84 Å². The number of hydrogen-bond donors (Lipinski definition) is 1. The molecule has 0 spiro atoms. The number of aromatic nitrogens is 3. The minimum Gasteiger partial charge on any atom is -0.491 e. The van der Waals surface area contributed by atoms with Crippen molar-refractivity contribution in [1.82, 2.24) is 14.4 Å². The zero-order chi connectivity index (χ0) is 18.9. The molecule has 0 radical (unpaired) electrons. The molecule has 1 aromatic carbocycles. The minimum atomic E-state index is -0.00870. The predicted octanol–water partition coefficient (Wildman–Crippen LogP) is 3.52. The fraction of sp³-hybridized carbons (Fsp3) is 0.273. The molecule has 28 heavy (non-hydrogen) atoms. The number of aliphatic hydroxyl groups is 1. The number of hydrogen-bond acceptors (Lipinski definition) is 5. The lowest BCUT2D eigenvalue weighted by Crippen LogP contribution is -2.18. The summed E-state index contributed by atoms with van der Waals surface area (Å²) in [5.41, 5.74) is 4.89. The summed E-state index contributed by atoms with van der Waals surface area (Å²) in [6, 6.07) is 14.3. The Morgan fingerprint density at radius 3 is 2.82 bits per heavy atom. The van der Waals surface area contributed by atoms with E-state index in [0.717, 1.165) is 41.0 Å². The first kappa shape index (κ1) is 17.0. The monoisotopic (exact) mass is 374 g/mol. The Labute approximate surface area is 163 Å². The van der Waals surface area contributed by atoms with Crippen LogP contribution in [0.5, 0.6) is 5.75 Å². The molecule has 1 aliphatic heterocycles. The summed E-state index contributed by atoms with van der Waals surface area (Å²) < 4.78 is 7.50. The van der Waals surface area contributed by atoms with Crippen molar-refractivity contribution in [1.29, 1.82) is 0 Å². The lowest BCUT2D eigenvalue weighted by atomic mass is 10.1. The van der Waals surface area contributed by atoms with E-state index in [-0.39, 0.29) is 13.2 Å². The fourth-order valence-electron chi connectivity index (χ4n) is 3.89. The average Bonchev–Trinajstić information content (AvgIpc) is 3.41. The molecule has 4 heterocycles. The second kappa shape index (κ2) is 7.13. The van der Waals surface area contributed by atoms with Gasteiger partial charge < -0.3 is 14.7 Å². The van der Waals surface area contributed by atoms with E-state index in [9.17, 15) is 0 Å². The summed E-state index contributed by atoms with van der Waals surface area (Å²) in [5, 5.41) is 10.1. The summed E-state index contributed by atoms with van der Waals surface area (Å²) in [4.78, 5) is 12.0. The summed E-state index contributed by atoms with van der Waals surface area (Å²) in [7, 11) is 0. The molecular weight excluding hydrogens is 352 g/mol. The zero-order valence-electron chi connectivity index (χ0n) is 15.6. The molecule has 1 N–H and O–H groups in total. The standard InChI is InChI=1S/C22H22N4O2/c27-12-13-28-17-8-11-26-20(15-23-21(26)14-17)18-7-6-16-4-3-5-19(22(16)24-18)25-9-1-2-10-25/h3-8,11,14-15,27H,1-2,9-10,12-13H2. The molecule has 6 heteroatoms. The quantitative estimate of drug-likeness (QED) is 0.579. The van der Waals surface area contributed by atoms with Gasteiger partial charge in [0.2, 0.25) is 0 Å². The summed E-state index contributed by atoms with van der Waals surface area (Å²) in [6.45, 7) is 2.45. The molecule has 4 aromatic rings. The normalized spacial score (nSPS) is 14.2. The van der Waals surface area contributed by atoms with Crippen LogP contribution in [0.15, 0.2) is 54.9 Å². The zero-order valence-corrected chi connectivity index (χ0v) is 15.6. The third-order valence-electron chi connectivity index (χ3n) is 5.25. The second-order valence-electron chi connectivity index (χ2n) is 7.05. The highest BCUT2D eigenvalue weighted by Gasteiger charge is 2.16. The van der Waals surface area contributed by atoms with E-state index in [2.05, 4.69) is 40.2 Å². The molecule has 0 saturated carbocycles. The number of rotatable bonds is 5. The smallest absolute Gasteiger partial charge is 0.140 e. The van der Waals surface area contributed by atoms with Crippen LogP contribution in [-0.2, 0) is 0 Å². The van der Waals surface area contributed by atoms with E-state index in [1.54, 1.807) is 0 Å². The maximum absolute atomic E-state index is 8.92. The van der Waals surface area contributed by atoms with Crippen LogP contribution in [-0.4, -0.2) is 45.8 Å². The molecule has 0 bridgehead atoms. The highest BCUT2D eigenvalue weighted by molar-refractivity contribution is 5.92. The highest BCUT2D eigenvalue weighted by Crippen LogP contribution is 2.30. The van der Waals surface area contributed by atoms with Crippen LogP contribution in [0, 0.1) is 0 Å². The Bertz CT molecular complexity index is 1130. The molecule has 0 atom stereocenters. The van der Waals surface area contributed by atoms with Gasteiger partial charge in [-0.15, -0.1) is 0 Å². The molecule has 142 valence electrons. The summed E-state index contributed by atoms with van der Waals surface area (Å²) in [5.74, 6) is 0.696. The van der Waals surface area contributed by atoms with Crippen LogP contribution >= 0.6 is 0 Å². The number of benzene rings is 1. The average molecular weight is 374 g/mol. The third-order valence-corrected chi connectivity index (χ3v) is 5.25. The van der Waals surface area contributed by atoms with Crippen LogP contribution < -0.4 is 9.64 Å². The molecule has 0 aliphatic carbocycles. The van der Waals surface area contributed by atoms with Gasteiger partial charge >= 0.3 is 0 Å². The lowest BCUT2D eigenvalue weighted by Gasteiger charge is -2.19. The molecule has 5 rings (SSSR count). The molecule has 0 unspecified atom stereocenters. The van der Waals surface area contributed by atoms with E-state index >= 15 is 0 Å². The number of imidazole rings is 1. The fourth-order valence-corrected chi connectivity index (χ4v) is 3.89. The van der Waals surface area contributed by atoms with Crippen LogP contribution in [0.2, 0.25) is 0 Å². The van der Waals surface area contributed by atoms with Gasteiger partial charge in [-0.25, -0.2) is 9.97 Å². The molecule has 1 aliphatic rings. The Morgan fingerprint density at radius 2 is 1.96 bits per heavy atom. The van der Waals surface area contributed by atoms with Crippen molar-refractivity contribution in [2.45, 2.75) is 12.8 Å². The van der Waals surface area contributed by atoms with Crippen LogP contribution in [0.25, 0.3) is 27.9 Å². The van der Waals surface area contributed by atoms with Crippen molar-refractivity contribution in [2.24, 2.45) is 0 Å². The number of aliphatic hydroxyl groups excluding tert-OH is 1. The third kappa shape index (κ3) is 2.96. The first-order chi connectivity index (χ1) is 13.8. The summed E-state index contributed by atoms with van der Waals surface area (Å²) >= 11 is 0. The number of fused-ring (bicyclic) bond motifs is 2. The molecular formula is C22H22N4O2. The van der Waals surface area contributed by atoms with E-state index < -0.39 is 0 Å². The molecule has 1 saturated heterocycles. The van der Waals surface area contributed by atoms with Crippen molar-refractivity contribution >= 4 is 22.2 Å². The highest BCUT2D eigenvalue weighted by atomic mass is 16.5. The van der Waals surface area contributed by atoms with Gasteiger partial charge in [-0.05, 0) is 31.0 Å². The maximum Gasteiger partial charge on any atom is 0.140 e. The first-order valence-corrected chi connectivity index (χ1v) is 9.69. The Hall–Kier alpha value is -3.12. The Kier molecular flexibility index (Phi) is 4.33. The summed E-state index contributed by atoms with van der Waals surface area (Å²) in [6.07, 6.45) is 6.26.